The fraction of sp³-hybridized carbons (Fsp3) is 0.286. The van der Waals surface area contributed by atoms with Crippen LogP contribution < -0.4 is 5.32 Å². The second-order valence-corrected chi connectivity index (χ2v) is 9.41. The first kappa shape index (κ1) is 21.8. The molecule has 4 nitrogen and oxygen atoms in total. The van der Waals surface area contributed by atoms with E-state index in [2.05, 4.69) is 57.1 Å². The molecule has 3 aromatic carbocycles. The second-order valence-electron chi connectivity index (χ2n) is 9.41. The summed E-state index contributed by atoms with van der Waals surface area (Å²) in [6.07, 6.45) is 1.09. The highest BCUT2D eigenvalue weighted by molar-refractivity contribution is 6.04. The molecular formula is C28H30N2O2. The minimum Gasteiger partial charge on any atom is -0.436 e. The number of carbonyl (C=O) groups is 1. The van der Waals surface area contributed by atoms with E-state index in [9.17, 15) is 4.79 Å². The summed E-state index contributed by atoms with van der Waals surface area (Å²) >= 11 is 0. The molecule has 0 unspecified atom stereocenters. The van der Waals surface area contributed by atoms with Crippen LogP contribution in [0.25, 0.3) is 22.6 Å². The van der Waals surface area contributed by atoms with E-state index in [-0.39, 0.29) is 11.3 Å². The summed E-state index contributed by atoms with van der Waals surface area (Å²) in [5.74, 6) is 0.946. The highest BCUT2D eigenvalue weighted by Gasteiger charge is 2.15. The molecular weight excluding hydrogens is 396 g/mol. The third kappa shape index (κ3) is 4.59. The van der Waals surface area contributed by atoms with E-state index in [1.54, 1.807) is 0 Å². The number of nitrogens with one attached hydrogen (secondary N) is 1. The van der Waals surface area contributed by atoms with Gasteiger partial charge in [-0.15, -0.1) is 0 Å². The number of aromatic nitrogens is 1. The number of carbonyl (C=O) groups excluding carboxylic acids is 1. The van der Waals surface area contributed by atoms with Crippen molar-refractivity contribution in [3.63, 3.8) is 0 Å². The molecule has 0 aliphatic heterocycles. The van der Waals surface area contributed by atoms with Crippen LogP contribution in [0.2, 0.25) is 0 Å². The maximum Gasteiger partial charge on any atom is 0.255 e. The van der Waals surface area contributed by atoms with Crippen LogP contribution in [-0.4, -0.2) is 10.9 Å². The Bertz CT molecular complexity index is 1230. The van der Waals surface area contributed by atoms with Gasteiger partial charge in [0.25, 0.3) is 5.91 Å². The van der Waals surface area contributed by atoms with E-state index >= 15 is 0 Å². The number of hydrogen-bond acceptors (Lipinski definition) is 3. The maximum atomic E-state index is 12.6. The molecule has 164 valence electrons. The van der Waals surface area contributed by atoms with E-state index < -0.39 is 0 Å². The zero-order chi connectivity index (χ0) is 22.9. The topological polar surface area (TPSA) is 55.1 Å². The van der Waals surface area contributed by atoms with Gasteiger partial charge in [0.05, 0.1) is 0 Å². The lowest BCUT2D eigenvalue weighted by molar-refractivity contribution is 0.102. The molecule has 1 atom stereocenters. The Morgan fingerprint density at radius 1 is 1.00 bits per heavy atom. The first-order chi connectivity index (χ1) is 15.2. The van der Waals surface area contributed by atoms with Crippen molar-refractivity contribution in [1.82, 2.24) is 4.98 Å². The Kier molecular flexibility index (Phi) is 5.88. The average molecular weight is 427 g/mol. The minimum absolute atomic E-state index is 0.0609. The van der Waals surface area contributed by atoms with Crippen LogP contribution in [0.5, 0.6) is 0 Å². The molecule has 0 saturated heterocycles. The van der Waals surface area contributed by atoms with Gasteiger partial charge in [0.15, 0.2) is 5.58 Å². The molecule has 1 heterocycles. The van der Waals surface area contributed by atoms with Gasteiger partial charge in [-0.3, -0.25) is 4.79 Å². The van der Waals surface area contributed by atoms with Crippen molar-refractivity contribution in [3.8, 4) is 11.5 Å². The summed E-state index contributed by atoms with van der Waals surface area (Å²) in [6, 6.07) is 21.5. The second kappa shape index (κ2) is 8.62. The summed E-state index contributed by atoms with van der Waals surface area (Å²) in [7, 11) is 0. The van der Waals surface area contributed by atoms with Crippen molar-refractivity contribution in [3.05, 3.63) is 83.4 Å². The van der Waals surface area contributed by atoms with Gasteiger partial charge in [-0.2, -0.15) is 0 Å². The van der Waals surface area contributed by atoms with Crippen LogP contribution in [0.4, 0.5) is 5.69 Å². The molecule has 0 aliphatic rings. The molecule has 0 aliphatic carbocycles. The van der Waals surface area contributed by atoms with Crippen LogP contribution in [0, 0.1) is 0 Å². The molecule has 32 heavy (non-hydrogen) atoms. The lowest BCUT2D eigenvalue weighted by Crippen LogP contribution is -2.14. The van der Waals surface area contributed by atoms with E-state index in [1.807, 2.05) is 54.6 Å². The maximum absolute atomic E-state index is 12.6. The summed E-state index contributed by atoms with van der Waals surface area (Å²) < 4.78 is 5.95. The van der Waals surface area contributed by atoms with Crippen LogP contribution in [0.3, 0.4) is 0 Å². The summed E-state index contributed by atoms with van der Waals surface area (Å²) in [5.41, 5.74) is 6.43. The number of anilines is 1. The van der Waals surface area contributed by atoms with Gasteiger partial charge in [-0.1, -0.05) is 52.8 Å². The third-order valence-electron chi connectivity index (χ3n) is 6.00. The molecule has 1 aromatic heterocycles. The van der Waals surface area contributed by atoms with Crippen LogP contribution in [0.15, 0.2) is 71.1 Å². The molecule has 1 N–H and O–H groups in total. The van der Waals surface area contributed by atoms with E-state index in [0.29, 0.717) is 17.4 Å². The zero-order valence-corrected chi connectivity index (χ0v) is 19.4. The largest absolute Gasteiger partial charge is 0.436 e. The minimum atomic E-state index is -0.127. The van der Waals surface area contributed by atoms with Gasteiger partial charge >= 0.3 is 0 Å². The van der Waals surface area contributed by atoms with Crippen LogP contribution in [0.1, 0.15) is 68.4 Å². The molecule has 4 aromatic rings. The lowest BCUT2D eigenvalue weighted by atomic mass is 9.87. The smallest absolute Gasteiger partial charge is 0.255 e. The van der Waals surface area contributed by atoms with E-state index in [1.165, 1.54) is 11.1 Å². The fourth-order valence-corrected chi connectivity index (χ4v) is 3.63. The summed E-state index contributed by atoms with van der Waals surface area (Å²) in [5, 5.41) is 2.96. The molecule has 1 amide bonds. The van der Waals surface area contributed by atoms with Crippen molar-refractivity contribution in [2.75, 3.05) is 5.32 Å². The molecule has 4 rings (SSSR count). The number of nitrogens with zero attached hydrogens (tertiary/aromatic N) is 1. The Labute approximate surface area is 189 Å². The van der Waals surface area contributed by atoms with Crippen LogP contribution in [-0.2, 0) is 5.41 Å². The van der Waals surface area contributed by atoms with Gasteiger partial charge in [0.1, 0.15) is 5.52 Å². The van der Waals surface area contributed by atoms with Gasteiger partial charge < -0.3 is 9.73 Å². The van der Waals surface area contributed by atoms with Gasteiger partial charge in [-0.25, -0.2) is 4.98 Å². The highest BCUT2D eigenvalue weighted by Crippen LogP contribution is 2.29. The van der Waals surface area contributed by atoms with Crippen molar-refractivity contribution < 1.29 is 9.21 Å². The highest BCUT2D eigenvalue weighted by atomic mass is 16.3. The van der Waals surface area contributed by atoms with Crippen molar-refractivity contribution >= 4 is 22.7 Å². The monoisotopic (exact) mass is 426 g/mol. The molecule has 4 heteroatoms. The first-order valence-electron chi connectivity index (χ1n) is 11.2. The quantitative estimate of drug-likeness (QED) is 0.358. The van der Waals surface area contributed by atoms with Crippen molar-refractivity contribution in [2.45, 2.75) is 52.4 Å². The Morgan fingerprint density at radius 2 is 1.69 bits per heavy atom. The molecule has 0 bridgehead atoms. The number of benzene rings is 3. The number of rotatable bonds is 5. The molecule has 0 saturated carbocycles. The third-order valence-corrected chi connectivity index (χ3v) is 6.00. The predicted molar refractivity (Wildman–Crippen MR) is 131 cm³/mol. The van der Waals surface area contributed by atoms with Gasteiger partial charge in [0.2, 0.25) is 5.89 Å². The summed E-state index contributed by atoms with van der Waals surface area (Å²) in [6.45, 7) is 10.9. The van der Waals surface area contributed by atoms with E-state index in [4.69, 9.17) is 4.42 Å². The Hall–Kier alpha value is -3.40. The Balaban J connectivity index is 1.49. The van der Waals surface area contributed by atoms with Gasteiger partial charge in [-0.05, 0) is 77.4 Å². The summed E-state index contributed by atoms with van der Waals surface area (Å²) in [4.78, 5) is 17.3. The normalized spacial score (nSPS) is 12.7. The zero-order valence-electron chi connectivity index (χ0n) is 19.4. The number of hydrogen-bond donors (Lipinski definition) is 1. The first-order valence-corrected chi connectivity index (χ1v) is 11.2. The van der Waals surface area contributed by atoms with Crippen molar-refractivity contribution in [2.24, 2.45) is 0 Å². The van der Waals surface area contributed by atoms with E-state index in [0.717, 1.165) is 28.8 Å². The standard InChI is InChI=1S/C28H30N2O2/c1-6-18(2)21-11-16-25-24(17-21)30-27(32-25)20-9-14-23(15-10-20)29-26(31)19-7-12-22(13-8-19)28(3,4)5/h7-18H,6H2,1-5H3,(H,29,31)/t18-/m0/s1. The number of oxazole rings is 1. The average Bonchev–Trinajstić information content (AvgIpc) is 3.22. The molecule has 0 radical (unpaired) electrons. The van der Waals surface area contributed by atoms with Crippen molar-refractivity contribution in [1.29, 1.82) is 0 Å². The van der Waals surface area contributed by atoms with Crippen LogP contribution >= 0.6 is 0 Å². The predicted octanol–water partition coefficient (Wildman–Crippen LogP) is 7.56. The fourth-order valence-electron chi connectivity index (χ4n) is 3.63. The Morgan fingerprint density at radius 3 is 2.31 bits per heavy atom. The molecule has 0 fully saturated rings. The number of fused-ring (bicyclic) bond motifs is 1. The van der Waals surface area contributed by atoms with Gasteiger partial charge in [0, 0.05) is 16.8 Å². The molecule has 0 spiro atoms. The lowest BCUT2D eigenvalue weighted by Gasteiger charge is -2.19. The number of amides is 1. The SMILES string of the molecule is CC[C@H](C)c1ccc2oc(-c3ccc(NC(=O)c4ccc(C(C)(C)C)cc4)cc3)nc2c1.